The molecule has 0 spiro atoms. The van der Waals surface area contributed by atoms with Crippen LogP contribution in [-0.2, 0) is 6.54 Å². The maximum Gasteiger partial charge on any atom is 0.0650 e. The van der Waals surface area contributed by atoms with Gasteiger partial charge < -0.3 is 5.32 Å². The van der Waals surface area contributed by atoms with Crippen LogP contribution in [0.3, 0.4) is 0 Å². The molecule has 21 heavy (non-hydrogen) atoms. The summed E-state index contributed by atoms with van der Waals surface area (Å²) in [5, 5.41) is 14.7. The van der Waals surface area contributed by atoms with Crippen LogP contribution in [-0.4, -0.2) is 20.0 Å². The third-order valence-corrected chi connectivity index (χ3v) is 3.36. The van der Waals surface area contributed by atoms with E-state index in [1.54, 1.807) is 6.20 Å². The van der Waals surface area contributed by atoms with E-state index in [2.05, 4.69) is 58.9 Å². The average molecular weight is 281 g/mol. The number of H-pyrrole nitrogens is 1. The number of nitrogens with one attached hydrogen (secondary N) is 2. The lowest BCUT2D eigenvalue weighted by Crippen LogP contribution is -2.01. The summed E-state index contributed by atoms with van der Waals surface area (Å²) >= 11 is 0. The Kier molecular flexibility index (Phi) is 3.73. The van der Waals surface area contributed by atoms with Crippen LogP contribution in [0.5, 0.6) is 0 Å². The quantitative estimate of drug-likeness (QED) is 0.753. The highest BCUT2D eigenvalue weighted by Gasteiger charge is 2.03. The maximum atomic E-state index is 4.35. The molecule has 3 aromatic rings. The van der Waals surface area contributed by atoms with Crippen molar-refractivity contribution in [1.82, 2.24) is 20.0 Å². The zero-order chi connectivity index (χ0) is 14.7. The van der Waals surface area contributed by atoms with E-state index >= 15 is 0 Å². The number of anilines is 1. The molecule has 0 saturated heterocycles. The molecule has 2 aromatic heterocycles. The summed E-state index contributed by atoms with van der Waals surface area (Å²) < 4.78 is 1.97. The van der Waals surface area contributed by atoms with Gasteiger partial charge in [-0.2, -0.15) is 10.2 Å². The number of benzene rings is 1. The fourth-order valence-electron chi connectivity index (χ4n) is 2.17. The molecule has 2 N–H and O–H groups in total. The minimum absolute atomic E-state index is 0.391. The molecule has 0 aliphatic rings. The van der Waals surface area contributed by atoms with Gasteiger partial charge in [-0.3, -0.25) is 9.78 Å². The smallest absolute Gasteiger partial charge is 0.0650 e. The molecular formula is C16H19N5. The zero-order valence-electron chi connectivity index (χ0n) is 12.2. The molecule has 0 aliphatic carbocycles. The molecule has 0 atom stereocenters. The second-order valence-corrected chi connectivity index (χ2v) is 5.33. The highest BCUT2D eigenvalue weighted by molar-refractivity contribution is 5.64. The number of aromatic amines is 1. The van der Waals surface area contributed by atoms with Gasteiger partial charge in [-0.25, -0.2) is 0 Å². The van der Waals surface area contributed by atoms with Crippen molar-refractivity contribution in [3.63, 3.8) is 0 Å². The van der Waals surface area contributed by atoms with Crippen molar-refractivity contribution < 1.29 is 0 Å². The molecule has 1 aromatic carbocycles. The van der Waals surface area contributed by atoms with Crippen LogP contribution in [0.15, 0.2) is 48.9 Å². The lowest BCUT2D eigenvalue weighted by molar-refractivity contribution is 0.532. The van der Waals surface area contributed by atoms with E-state index in [-0.39, 0.29) is 0 Å². The van der Waals surface area contributed by atoms with Crippen LogP contribution < -0.4 is 5.32 Å². The summed E-state index contributed by atoms with van der Waals surface area (Å²) in [5.74, 6) is 0. The zero-order valence-corrected chi connectivity index (χ0v) is 12.2. The fraction of sp³-hybridized carbons (Fsp3) is 0.250. The van der Waals surface area contributed by atoms with Gasteiger partial charge in [0.25, 0.3) is 0 Å². The minimum atomic E-state index is 0.391. The number of hydrogen-bond donors (Lipinski definition) is 2. The molecule has 0 bridgehead atoms. The lowest BCUT2D eigenvalue weighted by Gasteiger charge is -2.07. The molecule has 5 heteroatoms. The molecule has 0 radical (unpaired) electrons. The van der Waals surface area contributed by atoms with E-state index in [1.165, 1.54) is 5.56 Å². The summed E-state index contributed by atoms with van der Waals surface area (Å²) in [6.45, 7) is 5.01. The SMILES string of the molecule is CC(C)n1cc(CNc2cccc(-c3ccn[nH]3)c2)cn1. The Hall–Kier alpha value is -2.56. The second kappa shape index (κ2) is 5.83. The van der Waals surface area contributed by atoms with Crippen LogP contribution in [0, 0.1) is 0 Å². The molecule has 0 aliphatic heterocycles. The van der Waals surface area contributed by atoms with Crippen molar-refractivity contribution in [2.75, 3.05) is 5.32 Å². The second-order valence-electron chi connectivity index (χ2n) is 5.33. The van der Waals surface area contributed by atoms with Crippen LogP contribution in [0.1, 0.15) is 25.5 Å². The summed E-state index contributed by atoms with van der Waals surface area (Å²) in [7, 11) is 0. The van der Waals surface area contributed by atoms with Crippen LogP contribution in [0.4, 0.5) is 5.69 Å². The normalized spacial score (nSPS) is 11.0. The third-order valence-electron chi connectivity index (χ3n) is 3.36. The van der Waals surface area contributed by atoms with Gasteiger partial charge in [0.05, 0.1) is 11.9 Å². The minimum Gasteiger partial charge on any atom is -0.381 e. The Morgan fingerprint density at radius 2 is 2.19 bits per heavy atom. The molecule has 5 nitrogen and oxygen atoms in total. The van der Waals surface area contributed by atoms with Gasteiger partial charge in [0, 0.05) is 41.8 Å². The number of aromatic nitrogens is 4. The van der Waals surface area contributed by atoms with E-state index in [4.69, 9.17) is 0 Å². The highest BCUT2D eigenvalue weighted by Crippen LogP contribution is 2.20. The van der Waals surface area contributed by atoms with Crippen molar-refractivity contribution in [3.8, 4) is 11.3 Å². The van der Waals surface area contributed by atoms with Gasteiger partial charge in [0.1, 0.15) is 0 Å². The predicted octanol–water partition coefficient (Wildman–Crippen LogP) is 3.47. The topological polar surface area (TPSA) is 58.5 Å². The Balaban J connectivity index is 1.69. The van der Waals surface area contributed by atoms with Crippen LogP contribution in [0.2, 0.25) is 0 Å². The Morgan fingerprint density at radius 1 is 1.29 bits per heavy atom. The van der Waals surface area contributed by atoms with Crippen molar-refractivity contribution in [3.05, 3.63) is 54.5 Å². The van der Waals surface area contributed by atoms with Gasteiger partial charge in [-0.05, 0) is 32.0 Å². The van der Waals surface area contributed by atoms with Gasteiger partial charge in [-0.1, -0.05) is 12.1 Å². The lowest BCUT2D eigenvalue weighted by atomic mass is 10.1. The van der Waals surface area contributed by atoms with Crippen LogP contribution in [0.25, 0.3) is 11.3 Å². The number of hydrogen-bond acceptors (Lipinski definition) is 3. The Morgan fingerprint density at radius 3 is 2.90 bits per heavy atom. The van der Waals surface area contributed by atoms with Crippen LogP contribution >= 0.6 is 0 Å². The average Bonchev–Trinajstić information content (AvgIpc) is 3.17. The number of rotatable bonds is 5. The van der Waals surface area contributed by atoms with Gasteiger partial charge in [0.15, 0.2) is 0 Å². The largest absolute Gasteiger partial charge is 0.381 e. The van der Waals surface area contributed by atoms with Crippen molar-refractivity contribution in [2.24, 2.45) is 0 Å². The molecular weight excluding hydrogens is 262 g/mol. The van der Waals surface area contributed by atoms with Crippen molar-refractivity contribution >= 4 is 5.69 Å². The molecule has 0 fully saturated rings. The van der Waals surface area contributed by atoms with E-state index in [0.717, 1.165) is 23.5 Å². The monoisotopic (exact) mass is 281 g/mol. The summed E-state index contributed by atoms with van der Waals surface area (Å²) in [4.78, 5) is 0. The first-order valence-corrected chi connectivity index (χ1v) is 7.09. The van der Waals surface area contributed by atoms with E-state index in [9.17, 15) is 0 Å². The molecule has 0 amide bonds. The maximum absolute atomic E-state index is 4.35. The number of nitrogens with zero attached hydrogens (tertiary/aromatic N) is 3. The van der Waals surface area contributed by atoms with Crippen molar-refractivity contribution in [2.45, 2.75) is 26.4 Å². The first-order valence-electron chi connectivity index (χ1n) is 7.09. The van der Waals surface area contributed by atoms with E-state index in [0.29, 0.717) is 6.04 Å². The standard InChI is InChI=1S/C16H19N5/c1-12(2)21-11-13(10-19-21)9-17-15-5-3-4-14(8-15)16-6-7-18-20-16/h3-8,10-12,17H,9H2,1-2H3,(H,18,20). The van der Waals surface area contributed by atoms with Gasteiger partial charge in [0.2, 0.25) is 0 Å². The summed E-state index contributed by atoms with van der Waals surface area (Å²) in [6, 6.07) is 10.6. The van der Waals surface area contributed by atoms with Gasteiger partial charge in [-0.15, -0.1) is 0 Å². The first kappa shape index (κ1) is 13.4. The summed E-state index contributed by atoms with van der Waals surface area (Å²) in [6.07, 6.45) is 5.75. The van der Waals surface area contributed by atoms with E-state index in [1.807, 2.05) is 23.0 Å². The highest BCUT2D eigenvalue weighted by atomic mass is 15.3. The fourth-order valence-corrected chi connectivity index (χ4v) is 2.17. The molecule has 108 valence electrons. The summed E-state index contributed by atoms with van der Waals surface area (Å²) in [5.41, 5.74) is 4.40. The van der Waals surface area contributed by atoms with Gasteiger partial charge >= 0.3 is 0 Å². The van der Waals surface area contributed by atoms with Crippen molar-refractivity contribution in [1.29, 1.82) is 0 Å². The molecule has 2 heterocycles. The first-order chi connectivity index (χ1) is 10.2. The predicted molar refractivity (Wildman–Crippen MR) is 84.0 cm³/mol. The Bertz CT molecular complexity index is 697. The molecule has 0 unspecified atom stereocenters. The van der Waals surface area contributed by atoms with E-state index < -0.39 is 0 Å². The Labute approximate surface area is 124 Å². The molecule has 3 rings (SSSR count). The molecule has 0 saturated carbocycles. The third kappa shape index (κ3) is 3.13.